The summed E-state index contributed by atoms with van der Waals surface area (Å²) >= 11 is 0. The van der Waals surface area contributed by atoms with Crippen molar-refractivity contribution in [2.45, 2.75) is 19.9 Å². The average Bonchev–Trinajstić information content (AvgIpc) is 2.76. The number of halogens is 2. The molecule has 0 saturated heterocycles. The first kappa shape index (κ1) is 11.6. The molecule has 2 aromatic rings. The number of furan rings is 1. The van der Waals surface area contributed by atoms with Gasteiger partial charge < -0.3 is 9.73 Å². The van der Waals surface area contributed by atoms with E-state index >= 15 is 0 Å². The molecule has 0 bridgehead atoms. The number of rotatable bonds is 4. The zero-order chi connectivity index (χ0) is 12.3. The minimum Gasteiger partial charge on any atom is -0.464 e. The predicted molar refractivity (Wildman–Crippen MR) is 61.8 cm³/mol. The molecule has 0 fully saturated rings. The van der Waals surface area contributed by atoms with Gasteiger partial charge in [-0.15, -0.1) is 0 Å². The lowest BCUT2D eigenvalue weighted by atomic mass is 10.3. The molecule has 0 aliphatic heterocycles. The summed E-state index contributed by atoms with van der Waals surface area (Å²) in [5.74, 6) is 0.429. The van der Waals surface area contributed by atoms with Gasteiger partial charge in [0.2, 0.25) is 0 Å². The third-order valence-electron chi connectivity index (χ3n) is 2.45. The molecule has 2 nitrogen and oxygen atoms in total. The van der Waals surface area contributed by atoms with Crippen molar-refractivity contribution in [2.24, 2.45) is 0 Å². The van der Waals surface area contributed by atoms with Crippen molar-refractivity contribution in [2.75, 3.05) is 5.32 Å². The fraction of sp³-hybridized carbons (Fsp3) is 0.231. The lowest BCUT2D eigenvalue weighted by Crippen LogP contribution is -2.00. The van der Waals surface area contributed by atoms with E-state index in [0.717, 1.165) is 24.0 Å². The minimum absolute atomic E-state index is 0.265. The van der Waals surface area contributed by atoms with Gasteiger partial charge in [-0.2, -0.15) is 0 Å². The molecular weight excluding hydrogens is 224 g/mol. The van der Waals surface area contributed by atoms with Crippen LogP contribution in [0.2, 0.25) is 0 Å². The Morgan fingerprint density at radius 1 is 1.12 bits per heavy atom. The molecule has 2 rings (SSSR count). The van der Waals surface area contributed by atoms with Crippen LogP contribution in [0.3, 0.4) is 0 Å². The Morgan fingerprint density at radius 3 is 2.53 bits per heavy atom. The largest absolute Gasteiger partial charge is 0.464 e. The molecule has 0 saturated carbocycles. The van der Waals surface area contributed by atoms with E-state index in [1.54, 1.807) is 0 Å². The number of benzene rings is 1. The molecule has 4 heteroatoms. The number of hydrogen-bond acceptors (Lipinski definition) is 2. The second-order valence-electron chi connectivity index (χ2n) is 3.70. The standard InChI is InChI=1S/C13H13F2NO/c1-2-10-4-5-11(17-10)8-16-13-6-3-9(14)7-12(13)15/h3-7,16H,2,8H2,1H3. The number of anilines is 1. The van der Waals surface area contributed by atoms with Gasteiger partial charge in [-0.25, -0.2) is 8.78 Å². The van der Waals surface area contributed by atoms with Crippen molar-refractivity contribution in [1.82, 2.24) is 0 Å². The van der Waals surface area contributed by atoms with Gasteiger partial charge in [0.25, 0.3) is 0 Å². The minimum atomic E-state index is -0.604. The Hall–Kier alpha value is -1.84. The summed E-state index contributed by atoms with van der Waals surface area (Å²) in [4.78, 5) is 0. The van der Waals surface area contributed by atoms with Gasteiger partial charge in [0.15, 0.2) is 0 Å². The first-order chi connectivity index (χ1) is 8.19. The molecule has 1 N–H and O–H groups in total. The van der Waals surface area contributed by atoms with Gasteiger partial charge in [-0.1, -0.05) is 6.92 Å². The second-order valence-corrected chi connectivity index (χ2v) is 3.70. The lowest BCUT2D eigenvalue weighted by molar-refractivity contribution is 0.475. The molecule has 17 heavy (non-hydrogen) atoms. The van der Waals surface area contributed by atoms with Gasteiger partial charge >= 0.3 is 0 Å². The van der Waals surface area contributed by atoms with Crippen molar-refractivity contribution in [3.8, 4) is 0 Å². The number of nitrogens with one attached hydrogen (secondary N) is 1. The molecular formula is C13H13F2NO. The first-order valence-corrected chi connectivity index (χ1v) is 5.45. The van der Waals surface area contributed by atoms with Crippen LogP contribution >= 0.6 is 0 Å². The quantitative estimate of drug-likeness (QED) is 0.876. The van der Waals surface area contributed by atoms with E-state index in [1.807, 2.05) is 19.1 Å². The monoisotopic (exact) mass is 237 g/mol. The number of hydrogen-bond donors (Lipinski definition) is 1. The smallest absolute Gasteiger partial charge is 0.149 e. The third-order valence-corrected chi connectivity index (χ3v) is 2.45. The highest BCUT2D eigenvalue weighted by atomic mass is 19.1. The Kier molecular flexibility index (Phi) is 3.42. The maximum absolute atomic E-state index is 13.3. The topological polar surface area (TPSA) is 25.2 Å². The van der Waals surface area contributed by atoms with Crippen LogP contribution in [0.25, 0.3) is 0 Å². The molecule has 0 radical (unpaired) electrons. The highest BCUT2D eigenvalue weighted by Crippen LogP contribution is 2.17. The zero-order valence-electron chi connectivity index (χ0n) is 9.47. The van der Waals surface area contributed by atoms with E-state index < -0.39 is 11.6 Å². The number of aryl methyl sites for hydroxylation is 1. The fourth-order valence-corrected chi connectivity index (χ4v) is 1.52. The molecule has 0 spiro atoms. The molecule has 1 aromatic carbocycles. The van der Waals surface area contributed by atoms with Gasteiger partial charge in [0.05, 0.1) is 12.2 Å². The van der Waals surface area contributed by atoms with Crippen molar-refractivity contribution >= 4 is 5.69 Å². The summed E-state index contributed by atoms with van der Waals surface area (Å²) < 4.78 is 31.4. The van der Waals surface area contributed by atoms with Crippen LogP contribution in [0, 0.1) is 11.6 Å². The maximum atomic E-state index is 13.3. The molecule has 0 amide bonds. The normalized spacial score (nSPS) is 10.5. The Labute approximate surface area is 98.3 Å². The summed E-state index contributed by atoms with van der Waals surface area (Å²) in [5, 5.41) is 2.86. The summed E-state index contributed by atoms with van der Waals surface area (Å²) in [6, 6.07) is 7.16. The summed E-state index contributed by atoms with van der Waals surface area (Å²) in [6.07, 6.45) is 0.824. The molecule has 0 unspecified atom stereocenters. The van der Waals surface area contributed by atoms with Crippen molar-refractivity contribution in [1.29, 1.82) is 0 Å². The summed E-state index contributed by atoms with van der Waals surface area (Å²) in [6.45, 7) is 2.37. The van der Waals surface area contributed by atoms with Crippen LogP contribution < -0.4 is 5.32 Å². The first-order valence-electron chi connectivity index (χ1n) is 5.45. The second kappa shape index (κ2) is 4.99. The van der Waals surface area contributed by atoms with Crippen LogP contribution in [-0.2, 0) is 13.0 Å². The van der Waals surface area contributed by atoms with Crippen LogP contribution in [0.5, 0.6) is 0 Å². The SMILES string of the molecule is CCc1ccc(CNc2ccc(F)cc2F)o1. The van der Waals surface area contributed by atoms with E-state index in [4.69, 9.17) is 4.42 Å². The van der Waals surface area contributed by atoms with Crippen molar-refractivity contribution in [3.05, 3.63) is 53.5 Å². The van der Waals surface area contributed by atoms with E-state index in [0.29, 0.717) is 6.54 Å². The lowest BCUT2D eigenvalue weighted by Gasteiger charge is -2.05. The third kappa shape index (κ3) is 2.84. The molecule has 1 heterocycles. The van der Waals surface area contributed by atoms with Gasteiger partial charge in [-0.05, 0) is 24.3 Å². The Morgan fingerprint density at radius 2 is 1.88 bits per heavy atom. The van der Waals surface area contributed by atoms with Gasteiger partial charge in [-0.3, -0.25) is 0 Å². The van der Waals surface area contributed by atoms with Crippen molar-refractivity contribution < 1.29 is 13.2 Å². The fourth-order valence-electron chi connectivity index (χ4n) is 1.52. The Balaban J connectivity index is 2.02. The molecule has 0 aliphatic carbocycles. The summed E-state index contributed by atoms with van der Waals surface area (Å²) in [7, 11) is 0. The Bertz CT molecular complexity index is 508. The van der Waals surface area contributed by atoms with Crippen LogP contribution in [0.15, 0.2) is 34.7 Å². The van der Waals surface area contributed by atoms with Crippen LogP contribution in [0.1, 0.15) is 18.4 Å². The van der Waals surface area contributed by atoms with Crippen molar-refractivity contribution in [3.63, 3.8) is 0 Å². The average molecular weight is 237 g/mol. The van der Waals surface area contributed by atoms with Gasteiger partial charge in [0.1, 0.15) is 23.2 Å². The summed E-state index contributed by atoms with van der Waals surface area (Å²) in [5.41, 5.74) is 0.265. The van der Waals surface area contributed by atoms with Crippen LogP contribution in [-0.4, -0.2) is 0 Å². The highest BCUT2D eigenvalue weighted by Gasteiger charge is 2.05. The van der Waals surface area contributed by atoms with E-state index in [1.165, 1.54) is 12.1 Å². The highest BCUT2D eigenvalue weighted by molar-refractivity contribution is 5.44. The van der Waals surface area contributed by atoms with Crippen LogP contribution in [0.4, 0.5) is 14.5 Å². The van der Waals surface area contributed by atoms with Gasteiger partial charge in [0, 0.05) is 12.5 Å². The maximum Gasteiger partial charge on any atom is 0.149 e. The predicted octanol–water partition coefficient (Wildman–Crippen LogP) is 3.73. The van der Waals surface area contributed by atoms with E-state index in [9.17, 15) is 8.78 Å². The van der Waals surface area contributed by atoms with E-state index in [-0.39, 0.29) is 5.69 Å². The zero-order valence-corrected chi connectivity index (χ0v) is 9.47. The molecule has 0 atom stereocenters. The molecule has 1 aromatic heterocycles. The molecule has 0 aliphatic rings. The molecule has 90 valence electrons. The van der Waals surface area contributed by atoms with E-state index in [2.05, 4.69) is 5.32 Å².